The van der Waals surface area contributed by atoms with Crippen molar-refractivity contribution in [3.05, 3.63) is 66.6 Å². The van der Waals surface area contributed by atoms with E-state index in [2.05, 4.69) is 16.1 Å². The number of fused-ring (bicyclic) bond motifs is 1. The molecule has 1 unspecified atom stereocenters. The van der Waals surface area contributed by atoms with E-state index in [1.54, 1.807) is 30.3 Å². The highest BCUT2D eigenvalue weighted by molar-refractivity contribution is 7.89. The Kier molecular flexibility index (Phi) is 6.03. The summed E-state index contributed by atoms with van der Waals surface area (Å²) in [6.45, 7) is 1.65. The van der Waals surface area contributed by atoms with Crippen LogP contribution in [-0.2, 0) is 27.8 Å². The number of anilines is 1. The Hall–Kier alpha value is -2.97. The monoisotopic (exact) mass is 464 g/mol. The van der Waals surface area contributed by atoms with Gasteiger partial charge in [-0.1, -0.05) is 30.3 Å². The molecule has 1 saturated heterocycles. The maximum Gasteiger partial charge on any atom is 0.243 e. The fourth-order valence-corrected chi connectivity index (χ4v) is 6.18. The second-order valence-corrected chi connectivity index (χ2v) is 10.7. The van der Waals surface area contributed by atoms with E-state index in [-0.39, 0.29) is 23.3 Å². The van der Waals surface area contributed by atoms with Crippen molar-refractivity contribution in [1.29, 1.82) is 0 Å². The van der Waals surface area contributed by atoms with E-state index in [4.69, 9.17) is 4.98 Å². The van der Waals surface area contributed by atoms with Gasteiger partial charge < -0.3 is 9.88 Å². The lowest BCUT2D eigenvalue weighted by Crippen LogP contribution is -2.43. The van der Waals surface area contributed by atoms with E-state index in [1.807, 2.05) is 24.3 Å². The minimum atomic E-state index is -3.59. The number of amides is 1. The van der Waals surface area contributed by atoms with Crippen molar-refractivity contribution in [2.45, 2.75) is 43.5 Å². The topological polar surface area (TPSA) is 84.3 Å². The fourth-order valence-electron chi connectivity index (χ4n) is 4.64. The summed E-state index contributed by atoms with van der Waals surface area (Å²) in [6, 6.07) is 16.1. The molecule has 1 amide bonds. The SMILES string of the molecule is O=C(Nc1ccc(-c2cn3c(n2)CCCC3)cc1)C1CCCN(S(=O)(=O)c2ccccc2)C1. The molecule has 0 radical (unpaired) electrons. The minimum absolute atomic E-state index is 0.145. The number of nitrogens with zero attached hydrogens (tertiary/aromatic N) is 3. The van der Waals surface area contributed by atoms with Gasteiger partial charge in [-0.25, -0.2) is 13.4 Å². The Balaban J connectivity index is 1.24. The molecule has 0 spiro atoms. The van der Waals surface area contributed by atoms with Crippen LogP contribution in [0.3, 0.4) is 0 Å². The van der Waals surface area contributed by atoms with Crippen LogP contribution in [0, 0.1) is 5.92 Å². The van der Waals surface area contributed by atoms with Gasteiger partial charge in [0.15, 0.2) is 0 Å². The summed E-state index contributed by atoms with van der Waals surface area (Å²) < 4.78 is 29.6. The number of piperidine rings is 1. The number of rotatable bonds is 5. The van der Waals surface area contributed by atoms with Gasteiger partial charge in [-0.2, -0.15) is 4.31 Å². The molecule has 7 nitrogen and oxygen atoms in total. The molecule has 2 aliphatic rings. The van der Waals surface area contributed by atoms with Crippen LogP contribution in [-0.4, -0.2) is 41.3 Å². The lowest BCUT2D eigenvalue weighted by atomic mass is 9.98. The summed E-state index contributed by atoms with van der Waals surface area (Å²) in [4.78, 5) is 17.9. The molecule has 1 N–H and O–H groups in total. The van der Waals surface area contributed by atoms with Gasteiger partial charge >= 0.3 is 0 Å². The van der Waals surface area contributed by atoms with Crippen LogP contribution < -0.4 is 5.32 Å². The van der Waals surface area contributed by atoms with Gasteiger partial charge in [0, 0.05) is 43.5 Å². The Labute approximate surface area is 194 Å². The molecule has 0 bridgehead atoms. The zero-order valence-corrected chi connectivity index (χ0v) is 19.3. The Bertz CT molecular complexity index is 1210. The van der Waals surface area contributed by atoms with Crippen LogP contribution in [0.2, 0.25) is 0 Å². The quantitative estimate of drug-likeness (QED) is 0.620. The van der Waals surface area contributed by atoms with Gasteiger partial charge in [0.25, 0.3) is 0 Å². The highest BCUT2D eigenvalue weighted by atomic mass is 32.2. The van der Waals surface area contributed by atoms with Crippen molar-refractivity contribution in [2.24, 2.45) is 5.92 Å². The number of hydrogen-bond donors (Lipinski definition) is 1. The largest absolute Gasteiger partial charge is 0.334 e. The first kappa shape index (κ1) is 21.9. The fraction of sp³-hybridized carbons (Fsp3) is 0.360. The van der Waals surface area contributed by atoms with Crippen molar-refractivity contribution in [3.63, 3.8) is 0 Å². The second-order valence-electron chi connectivity index (χ2n) is 8.77. The lowest BCUT2D eigenvalue weighted by molar-refractivity contribution is -0.120. The number of sulfonamides is 1. The van der Waals surface area contributed by atoms with Gasteiger partial charge in [-0.05, 0) is 49.9 Å². The van der Waals surface area contributed by atoms with Crippen molar-refractivity contribution < 1.29 is 13.2 Å². The van der Waals surface area contributed by atoms with Gasteiger partial charge in [-0.15, -0.1) is 0 Å². The summed E-state index contributed by atoms with van der Waals surface area (Å²) in [5.74, 6) is 0.617. The predicted octanol–water partition coefficient (Wildman–Crippen LogP) is 3.93. The Morgan fingerprint density at radius 3 is 2.52 bits per heavy atom. The first-order chi connectivity index (χ1) is 16.0. The van der Waals surface area contributed by atoms with Gasteiger partial charge in [-0.3, -0.25) is 4.79 Å². The third kappa shape index (κ3) is 4.58. The third-order valence-electron chi connectivity index (χ3n) is 6.49. The molecule has 2 aliphatic heterocycles. The summed E-state index contributed by atoms with van der Waals surface area (Å²) in [7, 11) is -3.59. The highest BCUT2D eigenvalue weighted by Gasteiger charge is 2.33. The molecule has 2 aromatic carbocycles. The van der Waals surface area contributed by atoms with Gasteiger partial charge in [0.2, 0.25) is 15.9 Å². The number of nitrogens with one attached hydrogen (secondary N) is 1. The number of aryl methyl sites for hydroxylation is 2. The molecule has 1 fully saturated rings. The zero-order chi connectivity index (χ0) is 22.8. The molecular weight excluding hydrogens is 436 g/mol. The molecule has 3 heterocycles. The molecular formula is C25H28N4O3S. The molecule has 33 heavy (non-hydrogen) atoms. The van der Waals surface area contributed by atoms with Gasteiger partial charge in [0.05, 0.1) is 16.5 Å². The number of hydrogen-bond acceptors (Lipinski definition) is 4. The normalized spacial score (nSPS) is 19.1. The van der Waals surface area contributed by atoms with Crippen LogP contribution in [0.1, 0.15) is 31.5 Å². The van der Waals surface area contributed by atoms with E-state index < -0.39 is 10.0 Å². The van der Waals surface area contributed by atoms with E-state index in [9.17, 15) is 13.2 Å². The van der Waals surface area contributed by atoms with Crippen LogP contribution in [0.5, 0.6) is 0 Å². The molecule has 5 rings (SSSR count). The van der Waals surface area contributed by atoms with Crippen LogP contribution in [0.4, 0.5) is 5.69 Å². The molecule has 0 aliphatic carbocycles. The number of aromatic nitrogens is 2. The average molecular weight is 465 g/mol. The van der Waals surface area contributed by atoms with E-state index in [0.29, 0.717) is 25.1 Å². The van der Waals surface area contributed by atoms with Crippen LogP contribution in [0.15, 0.2) is 65.7 Å². The first-order valence-electron chi connectivity index (χ1n) is 11.5. The zero-order valence-electron chi connectivity index (χ0n) is 18.5. The predicted molar refractivity (Wildman–Crippen MR) is 127 cm³/mol. The maximum atomic E-state index is 12.9. The molecule has 3 aromatic rings. The van der Waals surface area contributed by atoms with E-state index in [1.165, 1.54) is 17.1 Å². The highest BCUT2D eigenvalue weighted by Crippen LogP contribution is 2.26. The summed E-state index contributed by atoms with van der Waals surface area (Å²) in [5, 5.41) is 2.96. The molecule has 0 saturated carbocycles. The molecule has 1 aromatic heterocycles. The third-order valence-corrected chi connectivity index (χ3v) is 8.37. The van der Waals surface area contributed by atoms with Gasteiger partial charge in [0.1, 0.15) is 5.82 Å². The smallest absolute Gasteiger partial charge is 0.243 e. The average Bonchev–Trinajstić information content (AvgIpc) is 3.29. The van der Waals surface area contributed by atoms with Crippen molar-refractivity contribution in [1.82, 2.24) is 13.9 Å². The number of carbonyl (C=O) groups excluding carboxylic acids is 1. The summed E-state index contributed by atoms with van der Waals surface area (Å²) >= 11 is 0. The first-order valence-corrected chi connectivity index (χ1v) is 13.0. The Morgan fingerprint density at radius 2 is 1.76 bits per heavy atom. The van der Waals surface area contributed by atoms with Crippen molar-refractivity contribution >= 4 is 21.6 Å². The van der Waals surface area contributed by atoms with Crippen LogP contribution >= 0.6 is 0 Å². The number of imidazole rings is 1. The molecule has 8 heteroatoms. The summed E-state index contributed by atoms with van der Waals surface area (Å²) in [5.41, 5.74) is 2.68. The minimum Gasteiger partial charge on any atom is -0.334 e. The lowest BCUT2D eigenvalue weighted by Gasteiger charge is -2.31. The van der Waals surface area contributed by atoms with Crippen molar-refractivity contribution in [3.8, 4) is 11.3 Å². The Morgan fingerprint density at radius 1 is 0.970 bits per heavy atom. The summed E-state index contributed by atoms with van der Waals surface area (Å²) in [6.07, 6.45) is 6.84. The van der Waals surface area contributed by atoms with Crippen LogP contribution in [0.25, 0.3) is 11.3 Å². The maximum absolute atomic E-state index is 12.9. The van der Waals surface area contributed by atoms with E-state index >= 15 is 0 Å². The standard InChI is InChI=1S/C25H28N4O3S/c30-25(20-7-6-16-29(17-20)33(31,32)22-8-2-1-3-9-22)26-21-13-11-19(12-14-21)23-18-28-15-5-4-10-24(28)27-23/h1-3,8-9,11-14,18,20H,4-7,10,15-17H2,(H,26,30). The number of benzene rings is 2. The molecule has 1 atom stereocenters. The van der Waals surface area contributed by atoms with E-state index in [0.717, 1.165) is 30.0 Å². The number of carbonyl (C=O) groups is 1. The van der Waals surface area contributed by atoms with Crippen molar-refractivity contribution in [2.75, 3.05) is 18.4 Å². The second kappa shape index (κ2) is 9.11. The molecule has 172 valence electrons.